The zero-order valence-electron chi connectivity index (χ0n) is 8.54. The molecule has 1 atom stereocenters. The summed E-state index contributed by atoms with van der Waals surface area (Å²) in [5, 5.41) is 0. The molecule has 1 aromatic carbocycles. The van der Waals surface area contributed by atoms with Crippen molar-refractivity contribution in [2.45, 2.75) is 19.8 Å². The summed E-state index contributed by atoms with van der Waals surface area (Å²) in [6.45, 7) is 2.23. The second kappa shape index (κ2) is 3.45. The maximum Gasteiger partial charge on any atom is 0.337 e. The molecule has 14 heavy (non-hydrogen) atoms. The third-order valence-corrected chi connectivity index (χ3v) is 2.76. The van der Waals surface area contributed by atoms with Crippen molar-refractivity contribution in [2.75, 3.05) is 7.11 Å². The summed E-state index contributed by atoms with van der Waals surface area (Å²) in [5.74, 6) is 0.463. The van der Waals surface area contributed by atoms with Crippen LogP contribution in [0, 0.1) is 5.92 Å². The fourth-order valence-electron chi connectivity index (χ4n) is 2.08. The van der Waals surface area contributed by atoms with Crippen molar-refractivity contribution in [3.8, 4) is 0 Å². The van der Waals surface area contributed by atoms with E-state index in [1.807, 2.05) is 18.2 Å². The fourth-order valence-corrected chi connectivity index (χ4v) is 2.08. The van der Waals surface area contributed by atoms with Gasteiger partial charge in [-0.2, -0.15) is 0 Å². The van der Waals surface area contributed by atoms with Crippen LogP contribution in [0.15, 0.2) is 18.2 Å². The number of ether oxygens (including phenoxy) is 1. The molecule has 2 nitrogen and oxygen atoms in total. The molecule has 0 bridgehead atoms. The Morgan fingerprint density at radius 3 is 2.79 bits per heavy atom. The summed E-state index contributed by atoms with van der Waals surface area (Å²) in [6.07, 6.45) is 2.22. The molecular formula is C12H14O2. The van der Waals surface area contributed by atoms with Crippen molar-refractivity contribution < 1.29 is 9.53 Å². The zero-order chi connectivity index (χ0) is 10.1. The van der Waals surface area contributed by atoms with Gasteiger partial charge < -0.3 is 4.74 Å². The molecule has 0 fully saturated rings. The first-order chi connectivity index (χ1) is 6.70. The lowest BCUT2D eigenvalue weighted by atomic mass is 10.1. The van der Waals surface area contributed by atoms with E-state index >= 15 is 0 Å². The van der Waals surface area contributed by atoms with Crippen molar-refractivity contribution >= 4 is 5.97 Å². The molecule has 74 valence electrons. The lowest BCUT2D eigenvalue weighted by Gasteiger charge is -2.02. The number of benzene rings is 1. The normalized spacial score (nSPS) is 19.1. The van der Waals surface area contributed by atoms with E-state index in [0.29, 0.717) is 11.5 Å². The summed E-state index contributed by atoms with van der Waals surface area (Å²) in [7, 11) is 1.41. The Labute approximate surface area is 83.9 Å². The van der Waals surface area contributed by atoms with Gasteiger partial charge in [-0.3, -0.25) is 0 Å². The second-order valence-corrected chi connectivity index (χ2v) is 3.99. The molecule has 0 aliphatic heterocycles. The van der Waals surface area contributed by atoms with Gasteiger partial charge in [-0.25, -0.2) is 4.79 Å². The van der Waals surface area contributed by atoms with E-state index < -0.39 is 0 Å². The van der Waals surface area contributed by atoms with Crippen LogP contribution in [0.4, 0.5) is 0 Å². The molecule has 0 saturated heterocycles. The van der Waals surface area contributed by atoms with Gasteiger partial charge in [0.2, 0.25) is 0 Å². The summed E-state index contributed by atoms with van der Waals surface area (Å²) in [5.41, 5.74) is 3.35. The van der Waals surface area contributed by atoms with Gasteiger partial charge in [0.25, 0.3) is 0 Å². The van der Waals surface area contributed by atoms with Crippen molar-refractivity contribution in [1.29, 1.82) is 0 Å². The number of rotatable bonds is 1. The minimum Gasteiger partial charge on any atom is -0.465 e. The van der Waals surface area contributed by atoms with Crippen LogP contribution in [0.25, 0.3) is 0 Å². The molecule has 0 N–H and O–H groups in total. The van der Waals surface area contributed by atoms with E-state index in [-0.39, 0.29) is 5.97 Å². The molecular weight excluding hydrogens is 176 g/mol. The molecule has 2 rings (SSSR count). The van der Waals surface area contributed by atoms with Crippen LogP contribution in [0.2, 0.25) is 0 Å². The first-order valence-corrected chi connectivity index (χ1v) is 4.91. The lowest BCUT2D eigenvalue weighted by Crippen LogP contribution is -2.01. The molecule has 1 aliphatic carbocycles. The maximum atomic E-state index is 11.3. The maximum absolute atomic E-state index is 11.3. The van der Waals surface area contributed by atoms with Crippen LogP contribution in [-0.2, 0) is 17.6 Å². The van der Waals surface area contributed by atoms with E-state index in [4.69, 9.17) is 0 Å². The number of fused-ring (bicyclic) bond motifs is 1. The molecule has 0 saturated carbocycles. The van der Waals surface area contributed by atoms with E-state index in [1.54, 1.807) is 0 Å². The van der Waals surface area contributed by atoms with Gasteiger partial charge in [0.15, 0.2) is 0 Å². The number of esters is 1. The molecule has 0 amide bonds. The molecule has 0 aromatic heterocycles. The Balaban J connectivity index is 2.33. The van der Waals surface area contributed by atoms with E-state index in [1.165, 1.54) is 18.2 Å². The van der Waals surface area contributed by atoms with E-state index in [0.717, 1.165) is 12.8 Å². The van der Waals surface area contributed by atoms with Gasteiger partial charge in [0.1, 0.15) is 0 Å². The average molecular weight is 190 g/mol. The van der Waals surface area contributed by atoms with Gasteiger partial charge in [0, 0.05) is 0 Å². The quantitative estimate of drug-likeness (QED) is 0.635. The summed E-state index contributed by atoms with van der Waals surface area (Å²) < 4.78 is 4.68. The van der Waals surface area contributed by atoms with Crippen molar-refractivity contribution in [1.82, 2.24) is 0 Å². The molecule has 0 spiro atoms. The Hall–Kier alpha value is -1.31. The van der Waals surface area contributed by atoms with Crippen molar-refractivity contribution in [3.63, 3.8) is 0 Å². The van der Waals surface area contributed by atoms with Gasteiger partial charge >= 0.3 is 5.97 Å². The zero-order valence-corrected chi connectivity index (χ0v) is 8.54. The summed E-state index contributed by atoms with van der Waals surface area (Å²) >= 11 is 0. The molecule has 0 unspecified atom stereocenters. The van der Waals surface area contributed by atoms with E-state index in [9.17, 15) is 4.79 Å². The van der Waals surface area contributed by atoms with Crippen LogP contribution in [-0.4, -0.2) is 13.1 Å². The molecule has 0 heterocycles. The Morgan fingerprint density at radius 1 is 1.36 bits per heavy atom. The highest BCUT2D eigenvalue weighted by atomic mass is 16.5. The van der Waals surface area contributed by atoms with Crippen molar-refractivity contribution in [3.05, 3.63) is 34.9 Å². The van der Waals surface area contributed by atoms with Crippen LogP contribution < -0.4 is 0 Å². The van der Waals surface area contributed by atoms with Crippen LogP contribution in [0.1, 0.15) is 28.4 Å². The first-order valence-electron chi connectivity index (χ1n) is 4.91. The highest BCUT2D eigenvalue weighted by Gasteiger charge is 2.19. The topological polar surface area (TPSA) is 26.3 Å². The first kappa shape index (κ1) is 9.25. The molecule has 0 radical (unpaired) electrons. The number of methoxy groups -OCH3 is 1. The fraction of sp³-hybridized carbons (Fsp3) is 0.417. The van der Waals surface area contributed by atoms with Crippen LogP contribution in [0.3, 0.4) is 0 Å². The van der Waals surface area contributed by atoms with Crippen molar-refractivity contribution in [2.24, 2.45) is 5.92 Å². The molecule has 2 heteroatoms. The highest BCUT2D eigenvalue weighted by Crippen LogP contribution is 2.27. The predicted octanol–water partition coefficient (Wildman–Crippen LogP) is 2.21. The summed E-state index contributed by atoms with van der Waals surface area (Å²) in [6, 6.07) is 5.86. The Bertz CT molecular complexity index is 369. The molecule has 1 aromatic rings. The third kappa shape index (κ3) is 1.52. The number of carbonyl (C=O) groups excluding carboxylic acids is 1. The Kier molecular flexibility index (Phi) is 2.28. The average Bonchev–Trinajstić information content (AvgIpc) is 2.55. The minimum atomic E-state index is -0.243. The third-order valence-electron chi connectivity index (χ3n) is 2.76. The molecule has 1 aliphatic rings. The lowest BCUT2D eigenvalue weighted by molar-refractivity contribution is 0.0600. The SMILES string of the molecule is COC(=O)c1ccc2c(c1)C[C@H](C)C2. The predicted molar refractivity (Wildman–Crippen MR) is 54.4 cm³/mol. The van der Waals surface area contributed by atoms with Gasteiger partial charge in [-0.15, -0.1) is 0 Å². The summed E-state index contributed by atoms with van der Waals surface area (Å²) in [4.78, 5) is 11.3. The number of hydrogen-bond donors (Lipinski definition) is 0. The second-order valence-electron chi connectivity index (χ2n) is 3.99. The van der Waals surface area contributed by atoms with Gasteiger partial charge in [-0.05, 0) is 42.0 Å². The van der Waals surface area contributed by atoms with Gasteiger partial charge in [0.05, 0.1) is 12.7 Å². The van der Waals surface area contributed by atoms with E-state index in [2.05, 4.69) is 11.7 Å². The largest absolute Gasteiger partial charge is 0.465 e. The standard InChI is InChI=1S/C12H14O2/c1-8-5-9-3-4-10(12(13)14-2)7-11(9)6-8/h3-4,7-8H,5-6H2,1-2H3/t8-/m1/s1. The smallest absolute Gasteiger partial charge is 0.337 e. The number of hydrogen-bond acceptors (Lipinski definition) is 2. The van der Waals surface area contributed by atoms with Crippen LogP contribution in [0.5, 0.6) is 0 Å². The Morgan fingerprint density at radius 2 is 2.07 bits per heavy atom. The highest BCUT2D eigenvalue weighted by molar-refractivity contribution is 5.89. The minimum absolute atomic E-state index is 0.243. The monoisotopic (exact) mass is 190 g/mol. The van der Waals surface area contributed by atoms with Gasteiger partial charge in [-0.1, -0.05) is 13.0 Å². The number of carbonyl (C=O) groups is 1. The van der Waals surface area contributed by atoms with Crippen LogP contribution >= 0.6 is 0 Å².